The minimum Gasteiger partial charge on any atom is -0.478 e. The molecule has 0 N–H and O–H groups in total. The molecule has 4 aromatic carbocycles. The number of hydrogen-bond donors (Lipinski definition) is 0. The second-order valence-corrected chi connectivity index (χ2v) is 7.72. The van der Waals surface area contributed by atoms with Crippen molar-refractivity contribution in [1.29, 1.82) is 0 Å². The molecule has 0 spiro atoms. The molecule has 1 aliphatic rings. The van der Waals surface area contributed by atoms with Crippen molar-refractivity contribution in [2.45, 2.75) is 25.5 Å². The van der Waals surface area contributed by atoms with Gasteiger partial charge in [0.2, 0.25) is 0 Å². The highest BCUT2D eigenvalue weighted by molar-refractivity contribution is 6.02. The molecule has 0 saturated carbocycles. The van der Waals surface area contributed by atoms with Crippen molar-refractivity contribution in [2.24, 2.45) is 4.99 Å². The Bertz CT molecular complexity index is 1210. The Kier molecular flexibility index (Phi) is 5.36. The number of benzene rings is 4. The summed E-state index contributed by atoms with van der Waals surface area (Å²) in [4.78, 5) is 17.1. The molecule has 0 saturated heterocycles. The van der Waals surface area contributed by atoms with E-state index < -0.39 is 0 Å². The van der Waals surface area contributed by atoms with Crippen LogP contribution in [-0.2, 0) is 20.9 Å². The molecule has 0 aromatic heterocycles. The van der Waals surface area contributed by atoms with Crippen LogP contribution in [0.15, 0.2) is 89.9 Å². The van der Waals surface area contributed by atoms with Gasteiger partial charge in [-0.3, -0.25) is 4.79 Å². The van der Waals surface area contributed by atoms with Gasteiger partial charge in [-0.25, -0.2) is 4.99 Å². The van der Waals surface area contributed by atoms with E-state index in [0.717, 1.165) is 32.7 Å². The van der Waals surface area contributed by atoms with E-state index in [2.05, 4.69) is 35.3 Å². The summed E-state index contributed by atoms with van der Waals surface area (Å²) in [7, 11) is 0. The Hall–Kier alpha value is -3.66. The lowest BCUT2D eigenvalue weighted by atomic mass is 9.97. The van der Waals surface area contributed by atoms with Crippen molar-refractivity contribution in [3.8, 4) is 0 Å². The van der Waals surface area contributed by atoms with Crippen LogP contribution in [0.25, 0.3) is 21.5 Å². The third-order valence-corrected chi connectivity index (χ3v) is 5.70. The maximum absolute atomic E-state index is 12.5. The van der Waals surface area contributed by atoms with E-state index in [1.807, 2.05) is 54.6 Å². The van der Waals surface area contributed by atoms with Gasteiger partial charge in [0.25, 0.3) is 0 Å². The average molecular weight is 409 g/mol. The van der Waals surface area contributed by atoms with Gasteiger partial charge in [0.05, 0.1) is 6.42 Å². The Labute approximate surface area is 181 Å². The smallest absolute Gasteiger partial charge is 0.306 e. The molecular weight excluding hydrogens is 386 g/mol. The van der Waals surface area contributed by atoms with Crippen LogP contribution >= 0.6 is 0 Å². The van der Waals surface area contributed by atoms with Gasteiger partial charge in [0, 0.05) is 12.0 Å². The molecule has 1 heterocycles. The van der Waals surface area contributed by atoms with E-state index >= 15 is 0 Å². The number of hydrogen-bond acceptors (Lipinski definition) is 4. The fraction of sp³-hybridized carbons (Fsp3) is 0.185. The SMILES string of the molecule is O=C(CCC1=N[C@@H](c2ccccc2)CO1)OCc1c2ccccc2cc2ccccc12. The van der Waals surface area contributed by atoms with Crippen LogP contribution in [0, 0.1) is 0 Å². The number of ether oxygens (including phenoxy) is 2. The van der Waals surface area contributed by atoms with Crippen LogP contribution in [0.3, 0.4) is 0 Å². The molecule has 4 aromatic rings. The van der Waals surface area contributed by atoms with E-state index in [9.17, 15) is 4.79 Å². The van der Waals surface area contributed by atoms with Crippen molar-refractivity contribution in [3.63, 3.8) is 0 Å². The van der Waals surface area contributed by atoms with Crippen molar-refractivity contribution < 1.29 is 14.3 Å². The minimum atomic E-state index is -0.244. The summed E-state index contributed by atoms with van der Waals surface area (Å²) in [5, 5.41) is 4.52. The van der Waals surface area contributed by atoms with Crippen LogP contribution in [0.2, 0.25) is 0 Å². The molecule has 0 fully saturated rings. The maximum Gasteiger partial charge on any atom is 0.306 e. The maximum atomic E-state index is 12.5. The Morgan fingerprint density at radius 1 is 0.903 bits per heavy atom. The summed E-state index contributed by atoms with van der Waals surface area (Å²) in [6.07, 6.45) is 0.710. The van der Waals surface area contributed by atoms with Crippen molar-refractivity contribution in [3.05, 3.63) is 96.1 Å². The highest BCUT2D eigenvalue weighted by Gasteiger charge is 2.21. The Morgan fingerprint density at radius 2 is 1.55 bits per heavy atom. The molecule has 0 unspecified atom stereocenters. The van der Waals surface area contributed by atoms with Gasteiger partial charge in [-0.1, -0.05) is 78.9 Å². The molecule has 4 heteroatoms. The second-order valence-electron chi connectivity index (χ2n) is 7.72. The third-order valence-electron chi connectivity index (χ3n) is 5.70. The number of fused-ring (bicyclic) bond motifs is 2. The zero-order chi connectivity index (χ0) is 21.0. The molecule has 0 amide bonds. The largest absolute Gasteiger partial charge is 0.478 e. The standard InChI is InChI=1S/C27H23NO3/c29-27(15-14-26-28-25(18-30-26)19-8-2-1-3-9-19)31-17-24-22-12-6-4-10-20(22)16-21-11-5-7-13-23(21)24/h1-13,16,25H,14-15,17-18H2/t25-/m1/s1. The van der Waals surface area contributed by atoms with E-state index in [1.54, 1.807) is 0 Å². The van der Waals surface area contributed by atoms with Gasteiger partial charge in [-0.15, -0.1) is 0 Å². The summed E-state index contributed by atoms with van der Waals surface area (Å²) >= 11 is 0. The average Bonchev–Trinajstić information content (AvgIpc) is 3.30. The van der Waals surface area contributed by atoms with Gasteiger partial charge in [-0.05, 0) is 33.2 Å². The summed E-state index contributed by atoms with van der Waals surface area (Å²) in [6, 6.07) is 28.7. The van der Waals surface area contributed by atoms with Crippen LogP contribution < -0.4 is 0 Å². The summed E-state index contributed by atoms with van der Waals surface area (Å²) in [5.74, 6) is 0.382. The lowest BCUT2D eigenvalue weighted by Crippen LogP contribution is -2.08. The molecule has 0 radical (unpaired) electrons. The number of carbonyl (C=O) groups is 1. The summed E-state index contributed by atoms with van der Waals surface area (Å²) in [5.41, 5.74) is 2.17. The predicted octanol–water partition coefficient (Wildman–Crippen LogP) is 5.99. The van der Waals surface area contributed by atoms with Crippen molar-refractivity contribution >= 4 is 33.4 Å². The van der Waals surface area contributed by atoms with Crippen LogP contribution in [0.5, 0.6) is 0 Å². The van der Waals surface area contributed by atoms with E-state index in [0.29, 0.717) is 18.9 Å². The minimum absolute atomic E-state index is 0.00858. The molecule has 4 nitrogen and oxygen atoms in total. The molecule has 0 bridgehead atoms. The molecular formula is C27H23NO3. The van der Waals surface area contributed by atoms with Crippen LogP contribution in [0.1, 0.15) is 30.0 Å². The first-order valence-corrected chi connectivity index (χ1v) is 10.6. The Morgan fingerprint density at radius 3 is 2.26 bits per heavy atom. The van der Waals surface area contributed by atoms with Crippen LogP contribution in [0.4, 0.5) is 0 Å². The van der Waals surface area contributed by atoms with E-state index in [1.165, 1.54) is 0 Å². The van der Waals surface area contributed by atoms with Crippen molar-refractivity contribution in [2.75, 3.05) is 6.61 Å². The first-order chi connectivity index (χ1) is 15.3. The number of carbonyl (C=O) groups excluding carboxylic acids is 1. The second kappa shape index (κ2) is 8.60. The monoisotopic (exact) mass is 409 g/mol. The number of rotatable bonds is 6. The molecule has 0 aliphatic carbocycles. The van der Waals surface area contributed by atoms with Crippen LogP contribution in [-0.4, -0.2) is 18.5 Å². The summed E-state index contributed by atoms with van der Waals surface area (Å²) < 4.78 is 11.4. The lowest BCUT2D eigenvalue weighted by molar-refractivity contribution is -0.144. The molecule has 5 rings (SSSR count). The summed E-state index contributed by atoms with van der Waals surface area (Å²) in [6.45, 7) is 0.775. The van der Waals surface area contributed by atoms with Gasteiger partial charge in [0.1, 0.15) is 19.3 Å². The molecule has 31 heavy (non-hydrogen) atoms. The third kappa shape index (κ3) is 4.15. The zero-order valence-corrected chi connectivity index (χ0v) is 17.2. The first-order valence-electron chi connectivity index (χ1n) is 10.6. The van der Waals surface area contributed by atoms with Gasteiger partial charge < -0.3 is 9.47 Å². The normalized spacial score (nSPS) is 15.6. The van der Waals surface area contributed by atoms with Gasteiger partial charge in [-0.2, -0.15) is 0 Å². The van der Waals surface area contributed by atoms with Gasteiger partial charge in [0.15, 0.2) is 5.90 Å². The molecule has 1 aliphatic heterocycles. The number of esters is 1. The fourth-order valence-electron chi connectivity index (χ4n) is 4.10. The number of nitrogens with zero attached hydrogens (tertiary/aromatic N) is 1. The lowest BCUT2D eigenvalue weighted by Gasteiger charge is -2.12. The first kappa shape index (κ1) is 19.3. The molecule has 1 atom stereocenters. The van der Waals surface area contributed by atoms with Crippen molar-refractivity contribution in [1.82, 2.24) is 0 Å². The van der Waals surface area contributed by atoms with E-state index in [-0.39, 0.29) is 25.0 Å². The van der Waals surface area contributed by atoms with Gasteiger partial charge >= 0.3 is 5.97 Å². The predicted molar refractivity (Wildman–Crippen MR) is 123 cm³/mol. The molecule has 154 valence electrons. The quantitative estimate of drug-likeness (QED) is 0.290. The fourth-order valence-corrected chi connectivity index (χ4v) is 4.10. The van der Waals surface area contributed by atoms with E-state index in [4.69, 9.17) is 9.47 Å². The Balaban J connectivity index is 1.25. The zero-order valence-electron chi connectivity index (χ0n) is 17.2. The number of aliphatic imine (C=N–C) groups is 1. The topological polar surface area (TPSA) is 47.9 Å². The highest BCUT2D eigenvalue weighted by atomic mass is 16.5. The highest BCUT2D eigenvalue weighted by Crippen LogP contribution is 2.29.